The van der Waals surface area contributed by atoms with Gasteiger partial charge in [0.1, 0.15) is 11.1 Å². The molecule has 8 heteroatoms. The molecule has 0 amide bonds. The Morgan fingerprint density at radius 1 is 0.850 bits per heavy atom. The van der Waals surface area contributed by atoms with Crippen LogP contribution in [0.5, 0.6) is 0 Å². The summed E-state index contributed by atoms with van der Waals surface area (Å²) in [6, 6.07) is 0. The number of hydrogen-bond acceptors (Lipinski definition) is 6. The van der Waals surface area contributed by atoms with Crippen LogP contribution in [0.3, 0.4) is 0 Å². The maximum Gasteiger partial charge on any atom is 0.507 e. The third kappa shape index (κ3) is 4.72. The average molecular weight is 357 g/mol. The molecule has 4 nitrogen and oxygen atoms in total. The second-order valence-electron chi connectivity index (χ2n) is 5.61. The number of hydrogen-bond donors (Lipinski definition) is 0. The van der Waals surface area contributed by atoms with E-state index in [-0.39, 0.29) is 11.3 Å². The summed E-state index contributed by atoms with van der Waals surface area (Å²) in [7, 11) is -3.46. The smallest absolute Gasteiger partial charge is 0.291 e. The molecule has 2 aliphatic carbocycles. The fraction of sp³-hybridized carbons (Fsp3) is 1.00. The third-order valence-corrected chi connectivity index (χ3v) is 10.6. The zero-order valence-corrected chi connectivity index (χ0v) is 15.1. The summed E-state index contributed by atoms with van der Waals surface area (Å²) in [5.74, 6) is 0. The first-order valence-electron chi connectivity index (χ1n) is 7.42. The van der Waals surface area contributed by atoms with Gasteiger partial charge in [-0.05, 0) is 30.2 Å². The maximum absolute atomic E-state index is 13.5. The van der Waals surface area contributed by atoms with Crippen molar-refractivity contribution in [2.75, 3.05) is 0 Å². The van der Waals surface area contributed by atoms with Crippen LogP contribution >= 0.6 is 38.2 Å². The second-order valence-corrected chi connectivity index (χ2v) is 10.9. The highest BCUT2D eigenvalue weighted by atomic mass is 33.1. The maximum atomic E-state index is 13.5. The van der Waals surface area contributed by atoms with Gasteiger partial charge in [-0.2, -0.15) is 0 Å². The predicted octanol–water partition coefficient (Wildman–Crippen LogP) is 6.11. The van der Waals surface area contributed by atoms with Crippen LogP contribution in [0.15, 0.2) is 0 Å². The molecule has 0 N–H and O–H groups in total. The van der Waals surface area contributed by atoms with E-state index >= 15 is 0 Å². The lowest BCUT2D eigenvalue weighted by atomic mass is 10.00. The summed E-state index contributed by atoms with van der Waals surface area (Å²) in [4.78, 5) is 0. The Kier molecular flexibility index (Phi) is 7.94. The fourth-order valence-electron chi connectivity index (χ4n) is 3.39. The highest BCUT2D eigenvalue weighted by Crippen LogP contribution is 2.66. The van der Waals surface area contributed by atoms with Gasteiger partial charge in [-0.1, -0.05) is 42.5 Å². The van der Waals surface area contributed by atoms with Gasteiger partial charge in [0.05, 0.1) is 0 Å². The summed E-state index contributed by atoms with van der Waals surface area (Å²) < 4.78 is 34.3. The molecule has 1 atom stereocenters. The molecule has 0 aromatic carbocycles. The lowest BCUT2D eigenvalue weighted by Gasteiger charge is -2.36. The molecule has 0 spiro atoms. The standard InChI is InChI=1S/C12H23O4P2S2/c13-17-15-19-20-16-18(14,11-7-3-1-4-8-11)12-9-5-2-6-10-12/h11-12,17H,1-10H2/q+1. The van der Waals surface area contributed by atoms with Crippen molar-refractivity contribution in [2.24, 2.45) is 0 Å². The van der Waals surface area contributed by atoms with E-state index in [2.05, 4.69) is 0 Å². The van der Waals surface area contributed by atoms with Crippen LogP contribution in [0, 0.1) is 0 Å². The minimum Gasteiger partial charge on any atom is -0.291 e. The molecule has 0 radical (unpaired) electrons. The normalized spacial score (nSPS) is 23.2. The van der Waals surface area contributed by atoms with Gasteiger partial charge in [-0.25, -0.2) is 3.97 Å². The van der Waals surface area contributed by atoms with Gasteiger partial charge in [0.15, 0.2) is 11.1 Å². The predicted molar refractivity (Wildman–Crippen MR) is 87.7 cm³/mol. The molecule has 0 aromatic rings. The van der Waals surface area contributed by atoms with Crippen LogP contribution in [0.2, 0.25) is 0 Å². The molecular weight excluding hydrogens is 334 g/mol. The van der Waals surface area contributed by atoms with Crippen molar-refractivity contribution in [3.8, 4) is 0 Å². The molecule has 0 heterocycles. The molecule has 20 heavy (non-hydrogen) atoms. The molecule has 2 rings (SSSR count). The van der Waals surface area contributed by atoms with Crippen molar-refractivity contribution in [1.82, 2.24) is 0 Å². The van der Waals surface area contributed by atoms with Crippen LogP contribution in [0.1, 0.15) is 64.2 Å². The zero-order chi connectivity index (χ0) is 14.3. The van der Waals surface area contributed by atoms with E-state index in [1.165, 1.54) is 38.5 Å². The monoisotopic (exact) mass is 357 g/mol. The molecule has 2 aliphatic rings. The summed E-state index contributed by atoms with van der Waals surface area (Å²) in [5.41, 5.74) is 0.448. The average Bonchev–Trinajstić information content (AvgIpc) is 2.53. The highest BCUT2D eigenvalue weighted by molar-refractivity contribution is 8.73. The van der Waals surface area contributed by atoms with Crippen molar-refractivity contribution in [1.29, 1.82) is 0 Å². The summed E-state index contributed by atoms with van der Waals surface area (Å²) in [6.07, 6.45) is 11.3. The van der Waals surface area contributed by atoms with Gasteiger partial charge in [0.2, 0.25) is 7.37 Å². The fourth-order valence-corrected chi connectivity index (χ4v) is 9.41. The van der Waals surface area contributed by atoms with E-state index < -0.39 is 16.1 Å². The topological polar surface area (TPSA) is 52.6 Å². The minimum atomic E-state index is -2.65. The first kappa shape index (κ1) is 17.3. The molecule has 0 aliphatic heterocycles. The van der Waals surface area contributed by atoms with Crippen LogP contribution < -0.4 is 0 Å². The van der Waals surface area contributed by atoms with Crippen LogP contribution in [-0.2, 0) is 17.1 Å². The molecule has 0 aromatic heterocycles. The molecular formula is C12H23O4P2S2+. The van der Waals surface area contributed by atoms with E-state index in [1.54, 1.807) is 0 Å². The van der Waals surface area contributed by atoms with Crippen LogP contribution in [-0.4, -0.2) is 11.3 Å². The Hall–Kier alpha value is 0.950. The van der Waals surface area contributed by atoms with Gasteiger partial charge in [-0.3, -0.25) is 4.57 Å². The minimum absolute atomic E-state index is 0.224. The van der Waals surface area contributed by atoms with Gasteiger partial charge < -0.3 is 0 Å². The lowest BCUT2D eigenvalue weighted by molar-refractivity contribution is 0.406. The Balaban J connectivity index is 2.00. The molecule has 116 valence electrons. The van der Waals surface area contributed by atoms with Crippen molar-refractivity contribution >= 4 is 38.2 Å². The van der Waals surface area contributed by atoms with Crippen molar-refractivity contribution in [3.63, 3.8) is 0 Å². The highest BCUT2D eigenvalue weighted by Gasteiger charge is 2.43. The third-order valence-electron chi connectivity index (χ3n) is 4.41. The van der Waals surface area contributed by atoms with Crippen LogP contribution in [0.4, 0.5) is 0 Å². The van der Waals surface area contributed by atoms with Gasteiger partial charge >= 0.3 is 8.69 Å². The Morgan fingerprint density at radius 2 is 1.35 bits per heavy atom. The van der Waals surface area contributed by atoms with Gasteiger partial charge in [-0.15, -0.1) is 0 Å². The van der Waals surface area contributed by atoms with Crippen molar-refractivity contribution in [3.05, 3.63) is 0 Å². The Morgan fingerprint density at radius 3 is 1.80 bits per heavy atom. The SMILES string of the molecule is O=[PH+]OSSOP(=O)(C1CCCCC1)C1CCCCC1. The van der Waals surface area contributed by atoms with E-state index in [0.29, 0.717) is 0 Å². The number of rotatable bonds is 7. The van der Waals surface area contributed by atoms with E-state index in [0.717, 1.165) is 47.8 Å². The van der Waals surface area contributed by atoms with Crippen LogP contribution in [0.25, 0.3) is 0 Å². The first-order chi connectivity index (χ1) is 9.77. The Bertz CT molecular complexity index is 322. The Labute approximate surface area is 131 Å². The molecule has 0 saturated heterocycles. The van der Waals surface area contributed by atoms with Gasteiger partial charge in [0, 0.05) is 11.3 Å². The second kappa shape index (κ2) is 9.17. The molecule has 0 bridgehead atoms. The molecule has 1 unspecified atom stereocenters. The zero-order valence-electron chi connectivity index (χ0n) is 11.6. The van der Waals surface area contributed by atoms with Crippen molar-refractivity contribution in [2.45, 2.75) is 75.5 Å². The quantitative estimate of drug-likeness (QED) is 0.237. The summed E-state index contributed by atoms with van der Waals surface area (Å²) in [6.45, 7) is 0. The molecule has 2 fully saturated rings. The summed E-state index contributed by atoms with van der Waals surface area (Å²) in [5, 5.41) is 0. The molecule has 2 saturated carbocycles. The lowest BCUT2D eigenvalue weighted by Crippen LogP contribution is -2.23. The van der Waals surface area contributed by atoms with E-state index in [4.69, 9.17) is 7.94 Å². The largest absolute Gasteiger partial charge is 0.507 e. The summed E-state index contributed by atoms with van der Waals surface area (Å²) >= 11 is 1.94. The van der Waals surface area contributed by atoms with Crippen molar-refractivity contribution < 1.29 is 17.1 Å². The van der Waals surface area contributed by atoms with E-state index in [1.807, 2.05) is 0 Å². The van der Waals surface area contributed by atoms with Gasteiger partial charge in [0.25, 0.3) is 0 Å². The first-order valence-corrected chi connectivity index (χ1v) is 12.0. The van der Waals surface area contributed by atoms with E-state index in [9.17, 15) is 9.13 Å².